The molecule has 0 radical (unpaired) electrons. The van der Waals surface area contributed by atoms with Crippen molar-refractivity contribution in [3.8, 4) is 0 Å². The molecule has 6 heteroatoms. The third-order valence-electron chi connectivity index (χ3n) is 3.04. The van der Waals surface area contributed by atoms with Gasteiger partial charge in [0.25, 0.3) is 5.69 Å². The highest BCUT2D eigenvalue weighted by molar-refractivity contribution is 9.10. The van der Waals surface area contributed by atoms with E-state index in [9.17, 15) is 15.2 Å². The monoisotopic (exact) mass is 300 g/mol. The van der Waals surface area contributed by atoms with Crippen molar-refractivity contribution in [3.05, 3.63) is 32.3 Å². The molecule has 1 saturated carbocycles. The summed E-state index contributed by atoms with van der Waals surface area (Å²) in [6.07, 6.45) is 1.85. The summed E-state index contributed by atoms with van der Waals surface area (Å²) in [6, 6.07) is 3.23. The molecule has 0 amide bonds. The topological polar surface area (TPSA) is 75.4 Å². The molecule has 0 unspecified atom stereocenters. The molecule has 2 rings (SSSR count). The van der Waals surface area contributed by atoms with Crippen LogP contribution >= 0.6 is 15.9 Å². The normalized spacial score (nSPS) is 16.6. The Bertz CT molecular complexity index is 472. The van der Waals surface area contributed by atoms with E-state index in [-0.39, 0.29) is 17.8 Å². The van der Waals surface area contributed by atoms with E-state index in [1.165, 1.54) is 6.07 Å². The van der Waals surface area contributed by atoms with E-state index in [2.05, 4.69) is 21.2 Å². The summed E-state index contributed by atoms with van der Waals surface area (Å²) < 4.78 is 0.648. The smallest absolute Gasteiger partial charge is 0.273 e. The summed E-state index contributed by atoms with van der Waals surface area (Å²) in [5, 5.41) is 23.2. The molecular weight excluding hydrogens is 288 g/mol. The van der Waals surface area contributed by atoms with Crippen molar-refractivity contribution in [1.29, 1.82) is 0 Å². The highest BCUT2D eigenvalue weighted by Crippen LogP contribution is 2.41. The first-order chi connectivity index (χ1) is 7.97. The number of nitrogens with one attached hydrogen (secondary N) is 1. The number of nitrogens with zero attached hydrogens (tertiary/aromatic N) is 1. The number of rotatable bonds is 4. The molecule has 0 bridgehead atoms. The zero-order chi connectivity index (χ0) is 12.6. The van der Waals surface area contributed by atoms with Crippen molar-refractivity contribution < 1.29 is 10.0 Å². The molecule has 92 valence electrons. The van der Waals surface area contributed by atoms with Crippen LogP contribution in [0.25, 0.3) is 0 Å². The number of hydrogen-bond donors (Lipinski definition) is 2. The fraction of sp³-hybridized carbons (Fsp3) is 0.455. The van der Waals surface area contributed by atoms with Gasteiger partial charge in [-0.15, -0.1) is 0 Å². The maximum absolute atomic E-state index is 10.8. The molecule has 0 atom stereocenters. The first kappa shape index (κ1) is 12.3. The second kappa shape index (κ2) is 4.27. The van der Waals surface area contributed by atoms with E-state index in [1.54, 1.807) is 13.0 Å². The van der Waals surface area contributed by atoms with Crippen molar-refractivity contribution in [2.45, 2.75) is 25.3 Å². The summed E-state index contributed by atoms with van der Waals surface area (Å²) in [4.78, 5) is 10.4. The molecule has 0 heterocycles. The summed E-state index contributed by atoms with van der Waals surface area (Å²) in [6.45, 7) is 1.78. The number of aryl methyl sites for hydroxylation is 1. The van der Waals surface area contributed by atoms with Crippen LogP contribution in [0.15, 0.2) is 16.6 Å². The van der Waals surface area contributed by atoms with Crippen LogP contribution in [-0.2, 0) is 0 Å². The van der Waals surface area contributed by atoms with Crippen molar-refractivity contribution in [1.82, 2.24) is 0 Å². The van der Waals surface area contributed by atoms with Gasteiger partial charge in [0.1, 0.15) is 0 Å². The van der Waals surface area contributed by atoms with Crippen LogP contribution in [0.4, 0.5) is 11.4 Å². The number of nitro groups is 1. The molecule has 1 aromatic carbocycles. The summed E-state index contributed by atoms with van der Waals surface area (Å²) in [5.74, 6) is 0. The summed E-state index contributed by atoms with van der Waals surface area (Å²) in [5.41, 5.74) is 1.26. The summed E-state index contributed by atoms with van der Waals surface area (Å²) in [7, 11) is 0. The number of aliphatic hydroxyl groups is 1. The van der Waals surface area contributed by atoms with Crippen molar-refractivity contribution >= 4 is 27.3 Å². The maximum Gasteiger partial charge on any atom is 0.273 e. The number of halogens is 1. The Kier molecular flexibility index (Phi) is 3.09. The van der Waals surface area contributed by atoms with Crippen LogP contribution in [-0.4, -0.2) is 22.2 Å². The Balaban J connectivity index is 2.30. The number of anilines is 1. The molecule has 1 aliphatic carbocycles. The second-order valence-electron chi connectivity index (χ2n) is 4.44. The molecule has 2 N–H and O–H groups in total. The van der Waals surface area contributed by atoms with Gasteiger partial charge in [-0.2, -0.15) is 0 Å². The molecule has 1 fully saturated rings. The molecule has 1 aliphatic rings. The predicted octanol–water partition coefficient (Wildman–Crippen LogP) is 2.60. The molecule has 0 aliphatic heterocycles. The Morgan fingerprint density at radius 3 is 2.71 bits per heavy atom. The van der Waals surface area contributed by atoms with E-state index in [1.807, 2.05) is 0 Å². The lowest BCUT2D eigenvalue weighted by Gasteiger charge is -2.17. The molecular formula is C11H13BrN2O3. The lowest BCUT2D eigenvalue weighted by Crippen LogP contribution is -2.25. The van der Waals surface area contributed by atoms with E-state index in [0.717, 1.165) is 18.5 Å². The second-order valence-corrected chi connectivity index (χ2v) is 5.29. The van der Waals surface area contributed by atoms with Gasteiger partial charge in [0, 0.05) is 21.8 Å². The van der Waals surface area contributed by atoms with Crippen molar-refractivity contribution in [3.63, 3.8) is 0 Å². The van der Waals surface area contributed by atoms with Gasteiger partial charge in [-0.05, 0) is 41.8 Å². The van der Waals surface area contributed by atoms with Crippen LogP contribution in [0.5, 0.6) is 0 Å². The van der Waals surface area contributed by atoms with E-state index < -0.39 is 4.92 Å². The van der Waals surface area contributed by atoms with Crippen LogP contribution in [0, 0.1) is 17.0 Å². The molecule has 1 aromatic rings. The zero-order valence-corrected chi connectivity index (χ0v) is 11.0. The Labute approximate surface area is 107 Å². The lowest BCUT2D eigenvalue weighted by molar-refractivity contribution is -0.385. The van der Waals surface area contributed by atoms with Gasteiger partial charge >= 0.3 is 0 Å². The SMILES string of the molecule is Cc1cc(NC2(CO)CC2)c(Br)cc1[N+](=O)[O-]. The van der Waals surface area contributed by atoms with Crippen LogP contribution in [0.2, 0.25) is 0 Å². The van der Waals surface area contributed by atoms with Gasteiger partial charge in [-0.1, -0.05) is 0 Å². The quantitative estimate of drug-likeness (QED) is 0.662. The fourth-order valence-corrected chi connectivity index (χ4v) is 2.15. The zero-order valence-electron chi connectivity index (χ0n) is 9.36. The van der Waals surface area contributed by atoms with Gasteiger partial charge in [0.2, 0.25) is 0 Å². The fourth-order valence-electron chi connectivity index (χ4n) is 1.72. The number of benzene rings is 1. The lowest BCUT2D eigenvalue weighted by atomic mass is 10.1. The number of hydrogen-bond acceptors (Lipinski definition) is 4. The Morgan fingerprint density at radius 1 is 1.59 bits per heavy atom. The molecule has 0 spiro atoms. The molecule has 0 aromatic heterocycles. The van der Waals surface area contributed by atoms with Crippen LogP contribution in [0.1, 0.15) is 18.4 Å². The standard InChI is InChI=1S/C11H13BrN2O3/c1-7-4-9(13-11(6-15)2-3-11)8(12)5-10(7)14(16)17/h4-5,13,15H,2-3,6H2,1H3. The maximum atomic E-state index is 10.8. The van der Waals surface area contributed by atoms with E-state index in [0.29, 0.717) is 10.0 Å². The van der Waals surface area contributed by atoms with E-state index >= 15 is 0 Å². The minimum Gasteiger partial charge on any atom is -0.394 e. The summed E-state index contributed by atoms with van der Waals surface area (Å²) >= 11 is 3.31. The highest BCUT2D eigenvalue weighted by Gasteiger charge is 2.42. The van der Waals surface area contributed by atoms with Gasteiger partial charge < -0.3 is 10.4 Å². The number of nitro benzene ring substituents is 1. The van der Waals surface area contributed by atoms with Gasteiger partial charge in [-0.25, -0.2) is 0 Å². The minimum absolute atomic E-state index is 0.0788. The minimum atomic E-state index is -0.400. The third kappa shape index (κ3) is 2.42. The van der Waals surface area contributed by atoms with Crippen LogP contribution in [0.3, 0.4) is 0 Å². The molecule has 0 saturated heterocycles. The first-order valence-corrected chi connectivity index (χ1v) is 6.10. The Morgan fingerprint density at radius 2 is 2.24 bits per heavy atom. The van der Waals surface area contributed by atoms with Crippen molar-refractivity contribution in [2.75, 3.05) is 11.9 Å². The third-order valence-corrected chi connectivity index (χ3v) is 3.69. The van der Waals surface area contributed by atoms with Gasteiger partial charge in [-0.3, -0.25) is 10.1 Å². The van der Waals surface area contributed by atoms with Gasteiger partial charge in [0.15, 0.2) is 0 Å². The van der Waals surface area contributed by atoms with Gasteiger partial charge in [0.05, 0.1) is 17.1 Å². The first-order valence-electron chi connectivity index (χ1n) is 5.31. The van der Waals surface area contributed by atoms with Crippen molar-refractivity contribution in [2.24, 2.45) is 0 Å². The largest absolute Gasteiger partial charge is 0.394 e. The average Bonchev–Trinajstić information content (AvgIpc) is 3.03. The average molecular weight is 301 g/mol. The Hall–Kier alpha value is -1.14. The predicted molar refractivity (Wildman–Crippen MR) is 68.2 cm³/mol. The van der Waals surface area contributed by atoms with E-state index in [4.69, 9.17) is 0 Å². The van der Waals surface area contributed by atoms with Crippen LogP contribution < -0.4 is 5.32 Å². The number of aliphatic hydroxyl groups excluding tert-OH is 1. The molecule has 17 heavy (non-hydrogen) atoms. The molecule has 5 nitrogen and oxygen atoms in total. The highest BCUT2D eigenvalue weighted by atomic mass is 79.9.